The molecule has 0 aliphatic rings. The smallest absolute Gasteiger partial charge is 0.297 e. The van der Waals surface area contributed by atoms with Crippen molar-refractivity contribution in [3.05, 3.63) is 16.2 Å². The third-order valence-corrected chi connectivity index (χ3v) is 1.95. The molecule has 0 unspecified atom stereocenters. The number of carbonyl (C=O) groups is 1. The summed E-state index contributed by atoms with van der Waals surface area (Å²) in [5, 5.41) is 12.5. The fraction of sp³-hybridized carbons (Fsp3) is 0.500. The molecule has 15 heavy (non-hydrogen) atoms. The highest BCUT2D eigenvalue weighted by molar-refractivity contribution is 5.75. The lowest BCUT2D eigenvalue weighted by molar-refractivity contribution is -0.121. The van der Waals surface area contributed by atoms with E-state index < -0.39 is 0 Å². The second-order valence-electron chi connectivity index (χ2n) is 2.91. The highest BCUT2D eigenvalue weighted by Gasteiger charge is 2.10. The summed E-state index contributed by atoms with van der Waals surface area (Å²) >= 11 is 0. The number of nitrogens with zero attached hydrogens (tertiary/aromatic N) is 3. The molecule has 0 saturated carbocycles. The summed E-state index contributed by atoms with van der Waals surface area (Å²) in [5.74, 6) is 0.280. The van der Waals surface area contributed by atoms with Gasteiger partial charge in [-0.1, -0.05) is 0 Å². The van der Waals surface area contributed by atoms with Crippen LogP contribution in [0.3, 0.4) is 0 Å². The predicted molar refractivity (Wildman–Crippen MR) is 54.6 cm³/mol. The molecule has 0 fully saturated rings. The van der Waals surface area contributed by atoms with Gasteiger partial charge in [-0.15, -0.1) is 10.2 Å². The molecule has 0 aromatic carbocycles. The number of nitrogens with one attached hydrogen (secondary N) is 2. The van der Waals surface area contributed by atoms with Gasteiger partial charge in [-0.3, -0.25) is 14.2 Å². The SMILES string of the molecule is CNC(=O)Cn1c(C)nnc(NC)c1=O. The fourth-order valence-corrected chi connectivity index (χ4v) is 1.06. The summed E-state index contributed by atoms with van der Waals surface area (Å²) in [6.45, 7) is 1.57. The molecule has 0 bridgehead atoms. The first kappa shape index (κ1) is 11.2. The maximum Gasteiger partial charge on any atom is 0.297 e. The number of amides is 1. The highest BCUT2D eigenvalue weighted by Crippen LogP contribution is 1.93. The Bertz CT molecular complexity index is 426. The number of likely N-dealkylation sites (N-methyl/N-ethyl adjacent to an activating group) is 1. The van der Waals surface area contributed by atoms with Gasteiger partial charge in [-0.2, -0.15) is 0 Å². The molecule has 82 valence electrons. The van der Waals surface area contributed by atoms with E-state index in [2.05, 4.69) is 20.8 Å². The lowest BCUT2D eigenvalue weighted by atomic mass is 10.5. The van der Waals surface area contributed by atoms with Crippen LogP contribution in [0.15, 0.2) is 4.79 Å². The molecule has 0 atom stereocenters. The molecular formula is C8H13N5O2. The first-order valence-corrected chi connectivity index (χ1v) is 4.42. The van der Waals surface area contributed by atoms with Crippen molar-refractivity contribution in [3.63, 3.8) is 0 Å². The van der Waals surface area contributed by atoms with Crippen LogP contribution in [-0.2, 0) is 11.3 Å². The maximum atomic E-state index is 11.7. The van der Waals surface area contributed by atoms with E-state index in [-0.39, 0.29) is 23.8 Å². The Hall–Kier alpha value is -1.92. The summed E-state index contributed by atoms with van der Waals surface area (Å²) in [5.41, 5.74) is -0.353. The lowest BCUT2D eigenvalue weighted by Crippen LogP contribution is -2.33. The van der Waals surface area contributed by atoms with Gasteiger partial charge in [0.05, 0.1) is 0 Å². The van der Waals surface area contributed by atoms with Crippen LogP contribution < -0.4 is 16.2 Å². The largest absolute Gasteiger partial charge is 0.367 e. The van der Waals surface area contributed by atoms with Crippen molar-refractivity contribution in [1.29, 1.82) is 0 Å². The van der Waals surface area contributed by atoms with Gasteiger partial charge < -0.3 is 10.6 Å². The van der Waals surface area contributed by atoms with Crippen LogP contribution in [0.2, 0.25) is 0 Å². The Morgan fingerprint density at radius 3 is 2.60 bits per heavy atom. The standard InChI is InChI=1S/C8H13N5O2/c1-5-11-12-7(10-3)8(15)13(5)4-6(14)9-2/h4H2,1-3H3,(H,9,14)(H,10,12). The summed E-state index contributed by atoms with van der Waals surface area (Å²) in [7, 11) is 3.08. The van der Waals surface area contributed by atoms with Crippen molar-refractivity contribution in [2.24, 2.45) is 0 Å². The van der Waals surface area contributed by atoms with Crippen LogP contribution in [0.5, 0.6) is 0 Å². The van der Waals surface area contributed by atoms with Crippen LogP contribution >= 0.6 is 0 Å². The highest BCUT2D eigenvalue weighted by atomic mass is 16.2. The number of carbonyl (C=O) groups excluding carboxylic acids is 1. The minimum absolute atomic E-state index is 0.0502. The van der Waals surface area contributed by atoms with Crippen molar-refractivity contribution >= 4 is 11.7 Å². The van der Waals surface area contributed by atoms with E-state index in [0.29, 0.717) is 5.82 Å². The van der Waals surface area contributed by atoms with E-state index in [4.69, 9.17) is 0 Å². The first-order chi connectivity index (χ1) is 7.10. The zero-order valence-corrected chi connectivity index (χ0v) is 8.87. The van der Waals surface area contributed by atoms with Crippen LogP contribution in [0.1, 0.15) is 5.82 Å². The molecule has 1 aromatic rings. The monoisotopic (exact) mass is 211 g/mol. The van der Waals surface area contributed by atoms with E-state index in [1.165, 1.54) is 11.6 Å². The topological polar surface area (TPSA) is 88.9 Å². The summed E-state index contributed by atoms with van der Waals surface area (Å²) in [6.07, 6.45) is 0. The van der Waals surface area contributed by atoms with Gasteiger partial charge in [0, 0.05) is 14.1 Å². The molecular weight excluding hydrogens is 198 g/mol. The average molecular weight is 211 g/mol. The predicted octanol–water partition coefficient (Wildman–Crippen LogP) is -1.27. The molecule has 7 heteroatoms. The maximum absolute atomic E-state index is 11.7. The van der Waals surface area contributed by atoms with E-state index in [0.717, 1.165) is 0 Å². The average Bonchev–Trinajstić information content (AvgIpc) is 2.24. The molecule has 0 spiro atoms. The number of rotatable bonds is 3. The van der Waals surface area contributed by atoms with Crippen molar-refractivity contribution in [3.8, 4) is 0 Å². The molecule has 0 saturated heterocycles. The quantitative estimate of drug-likeness (QED) is 0.651. The third-order valence-electron chi connectivity index (χ3n) is 1.95. The van der Waals surface area contributed by atoms with Gasteiger partial charge in [0.25, 0.3) is 5.56 Å². The third kappa shape index (κ3) is 2.30. The van der Waals surface area contributed by atoms with Gasteiger partial charge in [0.1, 0.15) is 12.4 Å². The van der Waals surface area contributed by atoms with Gasteiger partial charge >= 0.3 is 0 Å². The second kappa shape index (κ2) is 4.54. The Morgan fingerprint density at radius 2 is 2.07 bits per heavy atom. The van der Waals surface area contributed by atoms with E-state index in [1.54, 1.807) is 14.0 Å². The number of hydrogen-bond acceptors (Lipinski definition) is 5. The van der Waals surface area contributed by atoms with Gasteiger partial charge in [0.2, 0.25) is 11.7 Å². The van der Waals surface area contributed by atoms with E-state index >= 15 is 0 Å². The summed E-state index contributed by atoms with van der Waals surface area (Å²) < 4.78 is 1.26. The zero-order valence-electron chi connectivity index (χ0n) is 8.87. The lowest BCUT2D eigenvalue weighted by Gasteiger charge is -2.08. The summed E-state index contributed by atoms with van der Waals surface area (Å²) in [6, 6.07) is 0. The zero-order chi connectivity index (χ0) is 11.4. The second-order valence-corrected chi connectivity index (χ2v) is 2.91. The van der Waals surface area contributed by atoms with E-state index in [9.17, 15) is 9.59 Å². The van der Waals surface area contributed by atoms with Crippen LogP contribution in [-0.4, -0.2) is 34.8 Å². The minimum Gasteiger partial charge on any atom is -0.367 e. The normalized spacial score (nSPS) is 9.80. The minimum atomic E-state index is -0.353. The Kier molecular flexibility index (Phi) is 3.37. The van der Waals surface area contributed by atoms with Crippen LogP contribution in [0.4, 0.5) is 5.82 Å². The molecule has 2 N–H and O–H groups in total. The molecule has 0 radical (unpaired) electrons. The number of anilines is 1. The van der Waals surface area contributed by atoms with Crippen molar-refractivity contribution in [1.82, 2.24) is 20.1 Å². The van der Waals surface area contributed by atoms with Gasteiger partial charge in [0.15, 0.2) is 0 Å². The molecule has 0 aliphatic heterocycles. The Labute approximate surface area is 86.5 Å². The van der Waals surface area contributed by atoms with Crippen molar-refractivity contribution in [2.75, 3.05) is 19.4 Å². The molecule has 0 aliphatic carbocycles. The summed E-state index contributed by atoms with van der Waals surface area (Å²) in [4.78, 5) is 22.8. The first-order valence-electron chi connectivity index (χ1n) is 4.42. The Balaban J connectivity index is 3.15. The molecule has 7 nitrogen and oxygen atoms in total. The molecule has 1 amide bonds. The van der Waals surface area contributed by atoms with Gasteiger partial charge in [-0.05, 0) is 6.92 Å². The number of hydrogen-bond donors (Lipinski definition) is 2. The van der Waals surface area contributed by atoms with Crippen molar-refractivity contribution in [2.45, 2.75) is 13.5 Å². The number of aryl methyl sites for hydroxylation is 1. The van der Waals surface area contributed by atoms with E-state index in [1.807, 2.05) is 0 Å². The van der Waals surface area contributed by atoms with Gasteiger partial charge in [-0.25, -0.2) is 0 Å². The Morgan fingerprint density at radius 1 is 1.40 bits per heavy atom. The number of aromatic nitrogens is 3. The van der Waals surface area contributed by atoms with Crippen LogP contribution in [0, 0.1) is 6.92 Å². The molecule has 1 rings (SSSR count). The van der Waals surface area contributed by atoms with Crippen molar-refractivity contribution < 1.29 is 4.79 Å². The molecule has 1 heterocycles. The fourth-order valence-electron chi connectivity index (χ4n) is 1.06. The molecule has 1 aromatic heterocycles. The van der Waals surface area contributed by atoms with Crippen LogP contribution in [0.25, 0.3) is 0 Å².